The molecule has 1 unspecified atom stereocenters. The van der Waals surface area contributed by atoms with E-state index >= 15 is 0 Å². The predicted octanol–water partition coefficient (Wildman–Crippen LogP) is 1.04. The molecule has 2 N–H and O–H groups in total. The number of carbonyl (C=O) groups excluding carboxylic acids is 1. The molecule has 4 heteroatoms. The molecule has 0 saturated heterocycles. The van der Waals surface area contributed by atoms with Gasteiger partial charge in [-0.3, -0.25) is 4.79 Å². The van der Waals surface area contributed by atoms with Crippen molar-refractivity contribution in [2.75, 3.05) is 13.2 Å². The van der Waals surface area contributed by atoms with Gasteiger partial charge in [0.1, 0.15) is 6.61 Å². The SMILES string of the molecule is O=C(CCC(O)c1ccccc1)OCCO. The number of esters is 1. The highest BCUT2D eigenvalue weighted by Gasteiger charge is 2.10. The van der Waals surface area contributed by atoms with E-state index in [2.05, 4.69) is 4.74 Å². The van der Waals surface area contributed by atoms with Crippen LogP contribution < -0.4 is 0 Å². The Hall–Kier alpha value is -1.39. The molecule has 0 saturated carbocycles. The van der Waals surface area contributed by atoms with Crippen molar-refractivity contribution >= 4 is 5.97 Å². The number of ether oxygens (including phenoxy) is 1. The van der Waals surface area contributed by atoms with Gasteiger partial charge >= 0.3 is 5.97 Å². The van der Waals surface area contributed by atoms with Crippen molar-refractivity contribution in [1.29, 1.82) is 0 Å². The molecule has 1 rings (SSSR count). The number of hydrogen-bond donors (Lipinski definition) is 2. The molecule has 0 fully saturated rings. The first-order valence-electron chi connectivity index (χ1n) is 5.23. The van der Waals surface area contributed by atoms with E-state index in [4.69, 9.17) is 5.11 Å². The second-order valence-electron chi connectivity index (χ2n) is 3.41. The largest absolute Gasteiger partial charge is 0.463 e. The van der Waals surface area contributed by atoms with Gasteiger partial charge in [0.15, 0.2) is 0 Å². The minimum Gasteiger partial charge on any atom is -0.463 e. The van der Waals surface area contributed by atoms with E-state index in [1.54, 1.807) is 0 Å². The number of aliphatic hydroxyl groups excluding tert-OH is 2. The summed E-state index contributed by atoms with van der Waals surface area (Å²) in [5, 5.41) is 18.2. The van der Waals surface area contributed by atoms with Crippen molar-refractivity contribution < 1.29 is 19.7 Å². The van der Waals surface area contributed by atoms with E-state index in [9.17, 15) is 9.90 Å². The summed E-state index contributed by atoms with van der Waals surface area (Å²) < 4.78 is 4.68. The van der Waals surface area contributed by atoms with Crippen LogP contribution in [0.2, 0.25) is 0 Å². The maximum absolute atomic E-state index is 11.1. The first kappa shape index (κ1) is 12.7. The lowest BCUT2D eigenvalue weighted by atomic mass is 10.1. The molecule has 1 aromatic rings. The van der Waals surface area contributed by atoms with Crippen molar-refractivity contribution in [3.8, 4) is 0 Å². The van der Waals surface area contributed by atoms with Gasteiger partial charge in [-0.25, -0.2) is 0 Å². The summed E-state index contributed by atoms with van der Waals surface area (Å²) in [4.78, 5) is 11.1. The van der Waals surface area contributed by atoms with E-state index in [1.807, 2.05) is 30.3 Å². The first-order chi connectivity index (χ1) is 7.74. The zero-order valence-corrected chi connectivity index (χ0v) is 9.00. The summed E-state index contributed by atoms with van der Waals surface area (Å²) in [5.41, 5.74) is 0.789. The predicted molar refractivity (Wildman–Crippen MR) is 58.7 cm³/mol. The molecule has 1 aromatic carbocycles. The molecule has 0 amide bonds. The van der Waals surface area contributed by atoms with E-state index < -0.39 is 12.1 Å². The molecule has 0 aliphatic rings. The third-order valence-electron chi connectivity index (χ3n) is 2.16. The average molecular weight is 224 g/mol. The van der Waals surface area contributed by atoms with Gasteiger partial charge in [0.2, 0.25) is 0 Å². The number of aliphatic hydroxyl groups is 2. The van der Waals surface area contributed by atoms with Crippen LogP contribution in [0.25, 0.3) is 0 Å². The summed E-state index contributed by atoms with van der Waals surface area (Å²) >= 11 is 0. The molecule has 0 bridgehead atoms. The van der Waals surface area contributed by atoms with Crippen LogP contribution in [0, 0.1) is 0 Å². The zero-order chi connectivity index (χ0) is 11.8. The third-order valence-corrected chi connectivity index (χ3v) is 2.16. The Morgan fingerprint density at radius 1 is 1.31 bits per heavy atom. The molecular formula is C12H16O4. The molecule has 0 heterocycles. The fourth-order valence-electron chi connectivity index (χ4n) is 1.33. The van der Waals surface area contributed by atoms with Gasteiger partial charge in [0, 0.05) is 6.42 Å². The average Bonchev–Trinajstić information content (AvgIpc) is 2.34. The topological polar surface area (TPSA) is 66.8 Å². The summed E-state index contributed by atoms with van der Waals surface area (Å²) in [6, 6.07) is 9.16. The second-order valence-corrected chi connectivity index (χ2v) is 3.41. The molecule has 88 valence electrons. The van der Waals surface area contributed by atoms with Gasteiger partial charge in [-0.1, -0.05) is 30.3 Å². The number of rotatable bonds is 6. The van der Waals surface area contributed by atoms with E-state index in [-0.39, 0.29) is 19.6 Å². The lowest BCUT2D eigenvalue weighted by molar-refractivity contribution is -0.145. The van der Waals surface area contributed by atoms with Crippen LogP contribution in [0.1, 0.15) is 24.5 Å². The van der Waals surface area contributed by atoms with Crippen molar-refractivity contribution in [1.82, 2.24) is 0 Å². The van der Waals surface area contributed by atoms with E-state index in [1.165, 1.54) is 0 Å². The molecule has 0 radical (unpaired) electrons. The van der Waals surface area contributed by atoms with Gasteiger partial charge in [0.25, 0.3) is 0 Å². The lowest BCUT2D eigenvalue weighted by Crippen LogP contribution is -2.10. The minimum atomic E-state index is -0.650. The normalized spacial score (nSPS) is 12.1. The Morgan fingerprint density at radius 2 is 2.00 bits per heavy atom. The second kappa shape index (κ2) is 6.98. The fraction of sp³-hybridized carbons (Fsp3) is 0.417. The van der Waals surface area contributed by atoms with Crippen LogP contribution in [0.4, 0.5) is 0 Å². The first-order valence-corrected chi connectivity index (χ1v) is 5.23. The number of hydrogen-bond acceptors (Lipinski definition) is 4. The molecule has 16 heavy (non-hydrogen) atoms. The summed E-state index contributed by atoms with van der Waals surface area (Å²) in [5.74, 6) is -0.399. The summed E-state index contributed by atoms with van der Waals surface area (Å²) in [6.07, 6.45) is -0.174. The monoisotopic (exact) mass is 224 g/mol. The van der Waals surface area contributed by atoms with Gasteiger partial charge < -0.3 is 14.9 Å². The molecule has 1 atom stereocenters. The van der Waals surface area contributed by atoms with E-state index in [0.717, 1.165) is 5.56 Å². The molecule has 0 aliphatic heterocycles. The Labute approximate surface area is 94.5 Å². The van der Waals surface area contributed by atoms with Crippen LogP contribution in [0.3, 0.4) is 0 Å². The Morgan fingerprint density at radius 3 is 2.62 bits per heavy atom. The van der Waals surface area contributed by atoms with Crippen molar-refractivity contribution in [3.05, 3.63) is 35.9 Å². The smallest absolute Gasteiger partial charge is 0.305 e. The van der Waals surface area contributed by atoms with Crippen LogP contribution >= 0.6 is 0 Å². The zero-order valence-electron chi connectivity index (χ0n) is 9.00. The van der Waals surface area contributed by atoms with Crippen LogP contribution in [-0.2, 0) is 9.53 Å². The molecule has 0 aliphatic carbocycles. The van der Waals surface area contributed by atoms with Crippen LogP contribution in [-0.4, -0.2) is 29.4 Å². The summed E-state index contributed by atoms with van der Waals surface area (Å²) in [6.45, 7) is -0.159. The van der Waals surface area contributed by atoms with Crippen molar-refractivity contribution in [2.45, 2.75) is 18.9 Å². The van der Waals surface area contributed by atoms with Crippen molar-refractivity contribution in [3.63, 3.8) is 0 Å². The van der Waals surface area contributed by atoms with Gasteiger partial charge in [0.05, 0.1) is 12.7 Å². The molecule has 4 nitrogen and oxygen atoms in total. The van der Waals surface area contributed by atoms with Crippen LogP contribution in [0.5, 0.6) is 0 Å². The van der Waals surface area contributed by atoms with Crippen molar-refractivity contribution in [2.24, 2.45) is 0 Å². The quantitative estimate of drug-likeness (QED) is 0.708. The number of carbonyl (C=O) groups is 1. The minimum absolute atomic E-state index is 0.0142. The lowest BCUT2D eigenvalue weighted by Gasteiger charge is -2.10. The van der Waals surface area contributed by atoms with Gasteiger partial charge in [-0.15, -0.1) is 0 Å². The molecular weight excluding hydrogens is 208 g/mol. The summed E-state index contributed by atoms with van der Waals surface area (Å²) in [7, 11) is 0. The highest BCUT2D eigenvalue weighted by Crippen LogP contribution is 2.17. The maximum Gasteiger partial charge on any atom is 0.305 e. The third kappa shape index (κ3) is 4.42. The molecule has 0 aromatic heterocycles. The maximum atomic E-state index is 11.1. The highest BCUT2D eigenvalue weighted by molar-refractivity contribution is 5.69. The van der Waals surface area contributed by atoms with E-state index in [0.29, 0.717) is 6.42 Å². The Bertz CT molecular complexity index is 310. The Balaban J connectivity index is 2.30. The number of benzene rings is 1. The van der Waals surface area contributed by atoms with Crippen LogP contribution in [0.15, 0.2) is 30.3 Å². The highest BCUT2D eigenvalue weighted by atomic mass is 16.5. The van der Waals surface area contributed by atoms with Gasteiger partial charge in [-0.05, 0) is 12.0 Å². The molecule has 0 spiro atoms. The van der Waals surface area contributed by atoms with Gasteiger partial charge in [-0.2, -0.15) is 0 Å². The Kier molecular flexibility index (Phi) is 5.53. The fourth-order valence-corrected chi connectivity index (χ4v) is 1.33. The standard InChI is InChI=1S/C12H16O4/c13-8-9-16-12(15)7-6-11(14)10-4-2-1-3-5-10/h1-5,11,13-14H,6-9H2.